The maximum Gasteiger partial charge on any atom is 0.339 e. The summed E-state index contributed by atoms with van der Waals surface area (Å²) in [7, 11) is 1.26. The molecule has 0 aliphatic rings. The second kappa shape index (κ2) is 5.26. The van der Waals surface area contributed by atoms with Crippen LogP contribution in [0, 0.1) is 6.92 Å². The smallest absolute Gasteiger partial charge is 0.339 e. The number of halogens is 1. The van der Waals surface area contributed by atoms with Crippen molar-refractivity contribution in [1.29, 1.82) is 0 Å². The van der Waals surface area contributed by atoms with Gasteiger partial charge in [-0.3, -0.25) is 4.98 Å². The number of esters is 1. The van der Waals surface area contributed by atoms with Crippen molar-refractivity contribution in [2.45, 2.75) is 6.92 Å². The Labute approximate surface area is 117 Å². The number of methoxy groups -OCH3 is 1. The Morgan fingerprint density at radius 3 is 2.89 bits per heavy atom. The van der Waals surface area contributed by atoms with Gasteiger partial charge in [0.1, 0.15) is 0 Å². The molecule has 0 radical (unpaired) electrons. The average Bonchev–Trinajstić information content (AvgIpc) is 2.42. The van der Waals surface area contributed by atoms with Crippen LogP contribution in [0.5, 0.6) is 0 Å². The molecule has 0 aliphatic carbocycles. The normalized spacial score (nSPS) is 10.1. The van der Waals surface area contributed by atoms with Crippen molar-refractivity contribution < 1.29 is 9.53 Å². The third-order valence-corrected chi connectivity index (χ3v) is 3.61. The molecule has 0 amide bonds. The number of azide groups is 1. The standard InChI is InChI=1S/C12H9BrN4O2/c1-6-9(13)4-3-7-10(6)15-5-8(12(18)19-2)11(7)16-17-14/h3-5H,1-2H3. The van der Waals surface area contributed by atoms with Crippen molar-refractivity contribution in [3.8, 4) is 0 Å². The molecule has 0 aliphatic heterocycles. The Kier molecular flexibility index (Phi) is 3.69. The molecule has 0 unspecified atom stereocenters. The number of hydrogen-bond acceptors (Lipinski definition) is 4. The van der Waals surface area contributed by atoms with Gasteiger partial charge in [-0.05, 0) is 24.1 Å². The topological polar surface area (TPSA) is 88.0 Å². The predicted octanol–water partition coefficient (Wildman–Crippen LogP) is 4.03. The number of aryl methyl sites for hydroxylation is 1. The number of benzene rings is 1. The number of pyridine rings is 1. The molecule has 1 heterocycles. The molecule has 0 saturated heterocycles. The lowest BCUT2D eigenvalue weighted by Gasteiger charge is -2.09. The van der Waals surface area contributed by atoms with Gasteiger partial charge >= 0.3 is 5.97 Å². The Morgan fingerprint density at radius 1 is 1.53 bits per heavy atom. The van der Waals surface area contributed by atoms with Gasteiger partial charge in [-0.15, -0.1) is 0 Å². The van der Waals surface area contributed by atoms with Crippen molar-refractivity contribution in [2.24, 2.45) is 5.11 Å². The Hall–Kier alpha value is -2.11. The maximum absolute atomic E-state index is 11.6. The lowest BCUT2D eigenvalue weighted by atomic mass is 10.1. The first kappa shape index (κ1) is 13.3. The first-order chi connectivity index (χ1) is 9.10. The fourth-order valence-corrected chi connectivity index (χ4v) is 2.10. The van der Waals surface area contributed by atoms with Crippen molar-refractivity contribution in [2.75, 3.05) is 7.11 Å². The van der Waals surface area contributed by atoms with Gasteiger partial charge in [-0.1, -0.05) is 27.1 Å². The number of nitrogens with zero attached hydrogens (tertiary/aromatic N) is 4. The third kappa shape index (κ3) is 2.25. The fraction of sp³-hybridized carbons (Fsp3) is 0.167. The van der Waals surface area contributed by atoms with Crippen molar-refractivity contribution in [3.63, 3.8) is 0 Å². The molecule has 7 heteroatoms. The van der Waals surface area contributed by atoms with Crippen LogP contribution in [0.15, 0.2) is 27.9 Å². The Balaban J connectivity index is 2.89. The number of carbonyl (C=O) groups excluding carboxylic acids is 1. The molecule has 96 valence electrons. The number of fused-ring (bicyclic) bond motifs is 1. The van der Waals surface area contributed by atoms with Crippen LogP contribution in [-0.4, -0.2) is 18.1 Å². The maximum atomic E-state index is 11.6. The van der Waals surface area contributed by atoms with Crippen LogP contribution in [0.25, 0.3) is 21.3 Å². The van der Waals surface area contributed by atoms with E-state index in [9.17, 15) is 4.79 Å². The van der Waals surface area contributed by atoms with E-state index in [4.69, 9.17) is 5.53 Å². The van der Waals surface area contributed by atoms with Crippen molar-refractivity contribution in [3.05, 3.63) is 44.4 Å². The number of ether oxygens (including phenoxy) is 1. The number of hydrogen-bond donors (Lipinski definition) is 0. The molecule has 19 heavy (non-hydrogen) atoms. The molecule has 2 aromatic rings. The average molecular weight is 321 g/mol. The van der Waals surface area contributed by atoms with E-state index >= 15 is 0 Å². The minimum Gasteiger partial charge on any atom is -0.465 e. The van der Waals surface area contributed by atoms with E-state index in [1.807, 2.05) is 13.0 Å². The van der Waals surface area contributed by atoms with Gasteiger partial charge in [-0.25, -0.2) is 4.79 Å². The molecule has 0 N–H and O–H groups in total. The summed E-state index contributed by atoms with van der Waals surface area (Å²) in [5, 5.41) is 4.21. The van der Waals surface area contributed by atoms with Gasteiger partial charge in [0.25, 0.3) is 0 Å². The largest absolute Gasteiger partial charge is 0.465 e. The highest BCUT2D eigenvalue weighted by atomic mass is 79.9. The number of rotatable bonds is 2. The summed E-state index contributed by atoms with van der Waals surface area (Å²) >= 11 is 3.41. The zero-order valence-electron chi connectivity index (χ0n) is 10.2. The van der Waals surface area contributed by atoms with E-state index in [1.54, 1.807) is 6.07 Å². The summed E-state index contributed by atoms with van der Waals surface area (Å²) in [6.07, 6.45) is 1.36. The minimum atomic E-state index is -0.586. The van der Waals surface area contributed by atoms with Gasteiger partial charge in [0.15, 0.2) is 0 Å². The second-order valence-electron chi connectivity index (χ2n) is 3.77. The number of carbonyl (C=O) groups is 1. The van der Waals surface area contributed by atoms with Crippen LogP contribution in [0.2, 0.25) is 0 Å². The van der Waals surface area contributed by atoms with Gasteiger partial charge in [0, 0.05) is 21.0 Å². The first-order valence-electron chi connectivity index (χ1n) is 5.31. The lowest BCUT2D eigenvalue weighted by Crippen LogP contribution is -2.03. The molecule has 0 atom stereocenters. The Morgan fingerprint density at radius 2 is 2.26 bits per heavy atom. The monoisotopic (exact) mass is 320 g/mol. The SMILES string of the molecule is COC(=O)c1cnc2c(C)c(Br)ccc2c1N=[N+]=[N-]. The minimum absolute atomic E-state index is 0.148. The molecule has 6 nitrogen and oxygen atoms in total. The summed E-state index contributed by atoms with van der Waals surface area (Å²) in [5.41, 5.74) is 10.6. The van der Waals surface area contributed by atoms with Crippen LogP contribution in [0.3, 0.4) is 0 Å². The zero-order valence-corrected chi connectivity index (χ0v) is 11.8. The van der Waals surface area contributed by atoms with E-state index in [-0.39, 0.29) is 11.3 Å². The van der Waals surface area contributed by atoms with Crippen molar-refractivity contribution in [1.82, 2.24) is 4.98 Å². The number of aromatic nitrogens is 1. The van der Waals surface area contributed by atoms with Crippen LogP contribution >= 0.6 is 15.9 Å². The zero-order chi connectivity index (χ0) is 14.0. The van der Waals surface area contributed by atoms with E-state index in [0.29, 0.717) is 10.9 Å². The van der Waals surface area contributed by atoms with Gasteiger partial charge in [-0.2, -0.15) is 0 Å². The van der Waals surface area contributed by atoms with Gasteiger partial charge in [0.2, 0.25) is 0 Å². The molecule has 2 rings (SSSR count). The summed E-state index contributed by atoms with van der Waals surface area (Å²) in [5.74, 6) is -0.586. The predicted molar refractivity (Wildman–Crippen MR) is 74.3 cm³/mol. The summed E-state index contributed by atoms with van der Waals surface area (Å²) in [6, 6.07) is 3.56. The highest BCUT2D eigenvalue weighted by Gasteiger charge is 2.16. The third-order valence-electron chi connectivity index (χ3n) is 2.75. The molecular weight excluding hydrogens is 312 g/mol. The quantitative estimate of drug-likeness (QED) is 0.362. The van der Waals surface area contributed by atoms with Crippen LogP contribution < -0.4 is 0 Å². The van der Waals surface area contributed by atoms with Gasteiger partial charge in [0.05, 0.1) is 23.9 Å². The lowest BCUT2D eigenvalue weighted by molar-refractivity contribution is 0.0601. The molecule has 1 aromatic carbocycles. The van der Waals surface area contributed by atoms with E-state index in [2.05, 4.69) is 35.7 Å². The summed E-state index contributed by atoms with van der Waals surface area (Å²) < 4.78 is 5.55. The molecule has 0 bridgehead atoms. The van der Waals surface area contributed by atoms with E-state index in [1.165, 1.54) is 13.3 Å². The van der Waals surface area contributed by atoms with E-state index < -0.39 is 5.97 Å². The fourth-order valence-electron chi connectivity index (χ4n) is 1.78. The molecule has 0 saturated carbocycles. The molecule has 1 aromatic heterocycles. The highest BCUT2D eigenvalue weighted by molar-refractivity contribution is 9.10. The molecular formula is C12H9BrN4O2. The molecule has 0 spiro atoms. The highest BCUT2D eigenvalue weighted by Crippen LogP contribution is 2.33. The van der Waals surface area contributed by atoms with Crippen molar-refractivity contribution >= 4 is 38.5 Å². The Bertz CT molecular complexity index is 723. The summed E-state index contributed by atoms with van der Waals surface area (Å²) in [4.78, 5) is 18.7. The molecule has 0 fully saturated rings. The van der Waals surface area contributed by atoms with E-state index in [0.717, 1.165) is 10.0 Å². The second-order valence-corrected chi connectivity index (χ2v) is 4.62. The van der Waals surface area contributed by atoms with Crippen LogP contribution in [0.4, 0.5) is 5.69 Å². The van der Waals surface area contributed by atoms with Crippen LogP contribution in [-0.2, 0) is 4.74 Å². The first-order valence-corrected chi connectivity index (χ1v) is 6.10. The van der Waals surface area contributed by atoms with Gasteiger partial charge < -0.3 is 4.74 Å². The summed E-state index contributed by atoms with van der Waals surface area (Å²) in [6.45, 7) is 1.89. The van der Waals surface area contributed by atoms with Crippen LogP contribution in [0.1, 0.15) is 15.9 Å².